The van der Waals surface area contributed by atoms with Gasteiger partial charge in [0.25, 0.3) is 0 Å². The van der Waals surface area contributed by atoms with Crippen LogP contribution in [0.3, 0.4) is 0 Å². The van der Waals surface area contributed by atoms with Gasteiger partial charge < -0.3 is 33.8 Å². The Morgan fingerprint density at radius 3 is 0.739 bits per heavy atom. The molecule has 0 saturated heterocycles. The van der Waals surface area contributed by atoms with Crippen LogP contribution < -0.4 is 0 Å². The predicted octanol–water partition coefficient (Wildman–Crippen LogP) is 21.0. The summed E-state index contributed by atoms with van der Waals surface area (Å²) in [6.45, 7) is 11.8. The third-order valence-corrected chi connectivity index (χ3v) is 18.8. The minimum Gasteiger partial charge on any atom is -0.462 e. The summed E-state index contributed by atoms with van der Waals surface area (Å²) < 4.78 is 68.4. The number of hydrogen-bond acceptors (Lipinski definition) is 15. The predicted molar refractivity (Wildman–Crippen MR) is 372 cm³/mol. The van der Waals surface area contributed by atoms with Crippen molar-refractivity contribution in [3.63, 3.8) is 0 Å². The smallest absolute Gasteiger partial charge is 0.462 e. The van der Waals surface area contributed by atoms with Crippen molar-refractivity contribution in [1.29, 1.82) is 0 Å². The van der Waals surface area contributed by atoms with Crippen molar-refractivity contribution in [3.8, 4) is 0 Å². The van der Waals surface area contributed by atoms with Crippen LogP contribution in [-0.4, -0.2) is 96.7 Å². The minimum absolute atomic E-state index is 0.104. The number of phosphoric acid groups is 2. The minimum atomic E-state index is -4.95. The lowest BCUT2D eigenvalue weighted by atomic mass is 10.0. The van der Waals surface area contributed by atoms with Gasteiger partial charge in [0.1, 0.15) is 19.3 Å². The fourth-order valence-electron chi connectivity index (χ4n) is 11.1. The lowest BCUT2D eigenvalue weighted by Gasteiger charge is -2.21. The van der Waals surface area contributed by atoms with Gasteiger partial charge in [0, 0.05) is 25.7 Å². The van der Waals surface area contributed by atoms with Crippen molar-refractivity contribution in [2.24, 2.45) is 17.8 Å². The molecule has 5 atom stereocenters. The topological polar surface area (TPSA) is 237 Å². The van der Waals surface area contributed by atoms with Crippen LogP contribution in [0.1, 0.15) is 370 Å². The molecule has 2 unspecified atom stereocenters. The van der Waals surface area contributed by atoms with Gasteiger partial charge in [-0.15, -0.1) is 0 Å². The van der Waals surface area contributed by atoms with Crippen molar-refractivity contribution in [3.05, 3.63) is 0 Å². The van der Waals surface area contributed by atoms with E-state index in [1.54, 1.807) is 0 Å². The standard InChI is InChI=1S/C73H142O17P2/c1-8-9-10-11-12-13-14-15-19-22-27-32-40-47-54-70(75)83-60-68(89-72(77)56-49-42-33-28-23-20-17-16-18-21-25-30-37-44-51-64(2)3)62-87-91(79,80)85-58-67(74)59-86-92(81,82)88-63-69(61-84-71(76)55-48-41-36-35-39-46-53-66(6)7)90-73(78)57-50-43-34-29-24-26-31-38-45-52-65(4)5/h64-69,74H,8-63H2,1-7H3,(H,79,80)(H,81,82)/t67-,68-,69-/m1/s1. The molecular formula is C73H142O17P2. The van der Waals surface area contributed by atoms with Gasteiger partial charge in [-0.25, -0.2) is 9.13 Å². The van der Waals surface area contributed by atoms with Crippen LogP contribution in [0.5, 0.6) is 0 Å². The third kappa shape index (κ3) is 66.7. The Bertz CT molecular complexity index is 1800. The highest BCUT2D eigenvalue weighted by molar-refractivity contribution is 7.47. The molecule has 0 aromatic heterocycles. The molecule has 0 spiro atoms. The van der Waals surface area contributed by atoms with Crippen LogP contribution in [0.25, 0.3) is 0 Å². The number of unbranched alkanes of at least 4 members (excludes halogenated alkanes) is 39. The van der Waals surface area contributed by atoms with Crippen molar-refractivity contribution in [2.45, 2.75) is 388 Å². The van der Waals surface area contributed by atoms with E-state index < -0.39 is 97.5 Å². The molecular weight excluding hydrogens is 1210 g/mol. The molecule has 0 aliphatic rings. The Hall–Kier alpha value is -1.94. The summed E-state index contributed by atoms with van der Waals surface area (Å²) in [7, 11) is -9.91. The normalized spacial score (nSPS) is 14.1. The highest BCUT2D eigenvalue weighted by Gasteiger charge is 2.30. The molecule has 17 nitrogen and oxygen atoms in total. The maximum atomic E-state index is 13.1. The van der Waals surface area contributed by atoms with E-state index in [4.69, 9.17) is 37.0 Å². The SMILES string of the molecule is CCCCCCCCCCCCCCCCC(=O)OC[C@H](COP(=O)(O)OC[C@@H](O)COP(=O)(O)OC[C@@H](COC(=O)CCCCCCCCC(C)C)OC(=O)CCCCCCCCCCCC(C)C)OC(=O)CCCCCCCCCCCCCCCCC(C)C. The largest absolute Gasteiger partial charge is 0.472 e. The average Bonchev–Trinajstić information content (AvgIpc) is 1.44. The molecule has 0 aliphatic carbocycles. The lowest BCUT2D eigenvalue weighted by Crippen LogP contribution is -2.30. The number of carbonyl (C=O) groups excluding carboxylic acids is 4. The Kier molecular flexibility index (Phi) is 62.4. The van der Waals surface area contributed by atoms with Crippen LogP contribution in [0.2, 0.25) is 0 Å². The van der Waals surface area contributed by atoms with Gasteiger partial charge in [0.05, 0.1) is 26.4 Å². The number of ether oxygens (including phenoxy) is 4. The number of aliphatic hydroxyl groups is 1. The van der Waals surface area contributed by atoms with E-state index in [9.17, 15) is 43.2 Å². The summed E-state index contributed by atoms with van der Waals surface area (Å²) in [5, 5.41) is 10.6. The number of rotatable bonds is 71. The van der Waals surface area contributed by atoms with Crippen LogP contribution >= 0.6 is 15.6 Å². The molecule has 0 rings (SSSR count). The van der Waals surface area contributed by atoms with Crippen molar-refractivity contribution >= 4 is 39.5 Å². The summed E-state index contributed by atoms with van der Waals surface area (Å²) in [5.41, 5.74) is 0. The van der Waals surface area contributed by atoms with Crippen molar-refractivity contribution < 1.29 is 80.2 Å². The first kappa shape index (κ1) is 90.1. The van der Waals surface area contributed by atoms with Crippen LogP contribution in [0.15, 0.2) is 0 Å². The third-order valence-electron chi connectivity index (χ3n) is 16.9. The van der Waals surface area contributed by atoms with Crippen molar-refractivity contribution in [2.75, 3.05) is 39.6 Å². The van der Waals surface area contributed by atoms with Gasteiger partial charge in [-0.3, -0.25) is 37.3 Å². The highest BCUT2D eigenvalue weighted by atomic mass is 31.2. The van der Waals surface area contributed by atoms with Gasteiger partial charge in [-0.2, -0.15) is 0 Å². The molecule has 0 saturated carbocycles. The fraction of sp³-hybridized carbons (Fsp3) is 0.945. The Morgan fingerprint density at radius 1 is 0.293 bits per heavy atom. The summed E-state index contributed by atoms with van der Waals surface area (Å²) in [6.07, 6.45) is 48.7. The van der Waals surface area contributed by atoms with E-state index in [0.717, 1.165) is 108 Å². The van der Waals surface area contributed by atoms with Gasteiger partial charge >= 0.3 is 39.5 Å². The zero-order valence-corrected chi connectivity index (χ0v) is 61.8. The van der Waals surface area contributed by atoms with Crippen LogP contribution in [0, 0.1) is 17.8 Å². The zero-order chi connectivity index (χ0) is 68.0. The molecule has 0 heterocycles. The number of carbonyl (C=O) groups is 4. The molecule has 0 fully saturated rings. The lowest BCUT2D eigenvalue weighted by molar-refractivity contribution is -0.161. The Morgan fingerprint density at radius 2 is 0.500 bits per heavy atom. The van der Waals surface area contributed by atoms with E-state index in [1.165, 1.54) is 173 Å². The molecule has 0 aromatic carbocycles. The van der Waals surface area contributed by atoms with Crippen LogP contribution in [-0.2, 0) is 65.4 Å². The van der Waals surface area contributed by atoms with Gasteiger partial charge in [0.15, 0.2) is 12.2 Å². The Balaban J connectivity index is 5.24. The van der Waals surface area contributed by atoms with Gasteiger partial charge in [0.2, 0.25) is 0 Å². The quantitative estimate of drug-likeness (QED) is 0.0222. The van der Waals surface area contributed by atoms with E-state index in [1.807, 2.05) is 0 Å². The molecule has 0 aromatic rings. The molecule has 0 aliphatic heterocycles. The van der Waals surface area contributed by atoms with Crippen molar-refractivity contribution in [1.82, 2.24) is 0 Å². The molecule has 19 heteroatoms. The molecule has 0 bridgehead atoms. The fourth-order valence-corrected chi connectivity index (χ4v) is 12.7. The van der Waals surface area contributed by atoms with E-state index in [0.29, 0.717) is 31.6 Å². The summed E-state index contributed by atoms with van der Waals surface area (Å²) in [5.74, 6) is 0.0875. The second kappa shape index (κ2) is 63.8. The Labute approximate surface area is 562 Å². The molecule has 92 heavy (non-hydrogen) atoms. The van der Waals surface area contributed by atoms with Gasteiger partial charge in [-0.05, 0) is 43.4 Å². The maximum Gasteiger partial charge on any atom is 0.472 e. The first-order valence-corrected chi connectivity index (χ1v) is 40.8. The summed E-state index contributed by atoms with van der Waals surface area (Å²) >= 11 is 0. The number of aliphatic hydroxyl groups excluding tert-OH is 1. The highest BCUT2D eigenvalue weighted by Crippen LogP contribution is 2.45. The maximum absolute atomic E-state index is 13.1. The molecule has 3 N–H and O–H groups in total. The zero-order valence-electron chi connectivity index (χ0n) is 60.0. The van der Waals surface area contributed by atoms with E-state index >= 15 is 0 Å². The average molecular weight is 1350 g/mol. The molecule has 546 valence electrons. The first-order valence-electron chi connectivity index (χ1n) is 37.8. The molecule has 0 radical (unpaired) electrons. The van der Waals surface area contributed by atoms with Gasteiger partial charge in [-0.1, -0.05) is 318 Å². The summed E-state index contributed by atoms with van der Waals surface area (Å²) in [6, 6.07) is 0. The second-order valence-corrected chi connectivity index (χ2v) is 30.7. The number of phosphoric ester groups is 2. The molecule has 0 amide bonds. The summed E-state index contributed by atoms with van der Waals surface area (Å²) in [4.78, 5) is 72.6. The van der Waals surface area contributed by atoms with E-state index in [2.05, 4.69) is 48.5 Å². The van der Waals surface area contributed by atoms with E-state index in [-0.39, 0.29) is 25.7 Å². The number of hydrogen-bond donors (Lipinski definition) is 3. The first-order chi connectivity index (χ1) is 44.2. The monoisotopic (exact) mass is 1350 g/mol. The number of esters is 4. The second-order valence-electron chi connectivity index (χ2n) is 27.8. The van der Waals surface area contributed by atoms with Crippen LogP contribution in [0.4, 0.5) is 0 Å².